The summed E-state index contributed by atoms with van der Waals surface area (Å²) in [6.07, 6.45) is 1.94. The summed E-state index contributed by atoms with van der Waals surface area (Å²) in [5, 5.41) is 9.97. The van der Waals surface area contributed by atoms with E-state index >= 15 is 0 Å². The highest BCUT2D eigenvalue weighted by Gasteiger charge is 2.33. The fraction of sp³-hybridized carbons (Fsp3) is 0.538. The van der Waals surface area contributed by atoms with Crippen molar-refractivity contribution in [3.05, 3.63) is 34.9 Å². The maximum Gasteiger partial charge on any atom is 0.133 e. The maximum absolute atomic E-state index is 13.8. The van der Waals surface area contributed by atoms with Crippen LogP contribution < -0.4 is 5.73 Å². The minimum Gasteiger partial charge on any atom is -0.391 e. The largest absolute Gasteiger partial charge is 0.391 e. The maximum atomic E-state index is 13.8. The number of aliphatic hydroxyl groups is 1. The van der Waals surface area contributed by atoms with Crippen LogP contribution in [0.15, 0.2) is 12.1 Å². The summed E-state index contributed by atoms with van der Waals surface area (Å²) in [6.45, 7) is 1.56. The number of aryl methyl sites for hydroxylation is 1. The third-order valence-electron chi connectivity index (χ3n) is 3.65. The predicted molar refractivity (Wildman–Crippen MR) is 61.4 cm³/mol. The van der Waals surface area contributed by atoms with E-state index in [4.69, 9.17) is 5.73 Å². The zero-order valence-corrected chi connectivity index (χ0v) is 9.79. The highest BCUT2D eigenvalue weighted by atomic mass is 19.1. The second kappa shape index (κ2) is 4.70. The molecule has 0 saturated heterocycles. The normalized spacial score (nSPS) is 19.8. The molecular formula is C13H17F2NO. The quantitative estimate of drug-likeness (QED) is 0.853. The lowest BCUT2D eigenvalue weighted by molar-refractivity contribution is 0.0395. The second-order valence-electron chi connectivity index (χ2n) is 4.80. The van der Waals surface area contributed by atoms with Crippen LogP contribution in [0.3, 0.4) is 0 Å². The molecule has 2 nitrogen and oxygen atoms in total. The molecule has 2 rings (SSSR count). The van der Waals surface area contributed by atoms with Crippen LogP contribution in [-0.4, -0.2) is 11.2 Å². The number of halogens is 2. The summed E-state index contributed by atoms with van der Waals surface area (Å²) in [4.78, 5) is 0. The van der Waals surface area contributed by atoms with Crippen molar-refractivity contribution in [2.75, 3.05) is 0 Å². The molecule has 0 bridgehead atoms. The van der Waals surface area contributed by atoms with Crippen LogP contribution in [-0.2, 0) is 0 Å². The summed E-state index contributed by atoms with van der Waals surface area (Å²) in [5.41, 5.74) is 5.94. The lowest BCUT2D eigenvalue weighted by atomic mass is 9.77. The second-order valence-corrected chi connectivity index (χ2v) is 4.80. The summed E-state index contributed by atoms with van der Waals surface area (Å²) in [7, 11) is 0. The molecular weight excluding hydrogens is 224 g/mol. The van der Waals surface area contributed by atoms with Gasteiger partial charge in [0.15, 0.2) is 0 Å². The first kappa shape index (κ1) is 12.5. The van der Waals surface area contributed by atoms with E-state index in [-0.39, 0.29) is 11.5 Å². The Hall–Kier alpha value is -1.00. The Balaban J connectivity index is 2.29. The summed E-state index contributed by atoms with van der Waals surface area (Å²) >= 11 is 0. The minimum atomic E-state index is -0.986. The van der Waals surface area contributed by atoms with Gasteiger partial charge in [-0.2, -0.15) is 0 Å². The van der Waals surface area contributed by atoms with Gasteiger partial charge in [-0.25, -0.2) is 8.78 Å². The third-order valence-corrected chi connectivity index (χ3v) is 3.65. The molecule has 0 amide bonds. The van der Waals surface area contributed by atoms with Crippen molar-refractivity contribution in [1.82, 2.24) is 0 Å². The molecule has 0 aromatic heterocycles. The molecule has 17 heavy (non-hydrogen) atoms. The average Bonchev–Trinajstić information content (AvgIpc) is 2.21. The number of hydrogen-bond donors (Lipinski definition) is 2. The number of rotatable bonds is 3. The van der Waals surface area contributed by atoms with E-state index in [1.807, 2.05) is 0 Å². The Morgan fingerprint density at radius 2 is 2.00 bits per heavy atom. The van der Waals surface area contributed by atoms with Crippen LogP contribution in [0.1, 0.15) is 36.4 Å². The zero-order chi connectivity index (χ0) is 12.6. The van der Waals surface area contributed by atoms with Gasteiger partial charge in [-0.05, 0) is 37.3 Å². The molecule has 0 radical (unpaired) electrons. The lowest BCUT2D eigenvalue weighted by Gasteiger charge is -2.34. The third kappa shape index (κ3) is 2.19. The van der Waals surface area contributed by atoms with E-state index in [9.17, 15) is 13.9 Å². The number of nitrogens with two attached hydrogens (primary N) is 1. The molecule has 0 spiro atoms. The Kier molecular flexibility index (Phi) is 3.45. The number of benzene rings is 1. The average molecular weight is 241 g/mol. The minimum absolute atomic E-state index is 0.0734. The Labute approximate surface area is 99.4 Å². The molecule has 1 aliphatic rings. The monoisotopic (exact) mass is 241 g/mol. The van der Waals surface area contributed by atoms with Gasteiger partial charge >= 0.3 is 0 Å². The molecule has 94 valence electrons. The van der Waals surface area contributed by atoms with E-state index in [0.29, 0.717) is 5.56 Å². The molecule has 3 N–H and O–H groups in total. The highest BCUT2D eigenvalue weighted by molar-refractivity contribution is 5.30. The molecule has 1 fully saturated rings. The number of aliphatic hydroxyl groups excluding tert-OH is 1. The van der Waals surface area contributed by atoms with Crippen LogP contribution in [0, 0.1) is 24.5 Å². The van der Waals surface area contributed by atoms with Gasteiger partial charge in [0.25, 0.3) is 0 Å². The topological polar surface area (TPSA) is 46.2 Å². The van der Waals surface area contributed by atoms with Crippen molar-refractivity contribution >= 4 is 0 Å². The van der Waals surface area contributed by atoms with E-state index in [1.165, 1.54) is 12.1 Å². The first-order chi connectivity index (χ1) is 8.02. The van der Waals surface area contributed by atoms with E-state index < -0.39 is 23.8 Å². The molecule has 2 atom stereocenters. The molecule has 0 heterocycles. The standard InChI is InChI=1S/C13H17F2NO/c1-7-5-6-9(14)10(11(7)15)12(16)13(17)8-3-2-4-8/h5-6,8,12-13,17H,2-4,16H2,1H3/t12-,13+/m1/s1. The first-order valence-corrected chi connectivity index (χ1v) is 5.90. The van der Waals surface area contributed by atoms with Gasteiger partial charge in [-0.1, -0.05) is 12.5 Å². The van der Waals surface area contributed by atoms with Crippen molar-refractivity contribution < 1.29 is 13.9 Å². The molecule has 4 heteroatoms. The van der Waals surface area contributed by atoms with Crippen LogP contribution in [0.25, 0.3) is 0 Å². The van der Waals surface area contributed by atoms with Crippen molar-refractivity contribution in [2.45, 2.75) is 38.3 Å². The SMILES string of the molecule is Cc1ccc(F)c([C@@H](N)[C@@H](O)C2CCC2)c1F. The zero-order valence-electron chi connectivity index (χ0n) is 9.79. The van der Waals surface area contributed by atoms with E-state index in [2.05, 4.69) is 0 Å². The molecule has 1 aliphatic carbocycles. The Morgan fingerprint density at radius 1 is 1.35 bits per heavy atom. The van der Waals surface area contributed by atoms with Crippen molar-refractivity contribution in [1.29, 1.82) is 0 Å². The van der Waals surface area contributed by atoms with Gasteiger partial charge in [0.05, 0.1) is 12.1 Å². The fourth-order valence-corrected chi connectivity index (χ4v) is 2.23. The summed E-state index contributed by atoms with van der Waals surface area (Å²) in [5.74, 6) is -1.25. The van der Waals surface area contributed by atoms with E-state index in [0.717, 1.165) is 19.3 Å². The lowest BCUT2D eigenvalue weighted by Crippen LogP contribution is -2.37. The van der Waals surface area contributed by atoms with Gasteiger partial charge in [0.2, 0.25) is 0 Å². The van der Waals surface area contributed by atoms with Gasteiger partial charge in [-0.3, -0.25) is 0 Å². The predicted octanol–water partition coefficient (Wildman–Crippen LogP) is 2.43. The van der Waals surface area contributed by atoms with Crippen LogP contribution in [0.4, 0.5) is 8.78 Å². The van der Waals surface area contributed by atoms with Crippen molar-refractivity contribution in [3.8, 4) is 0 Å². The van der Waals surface area contributed by atoms with Gasteiger partial charge in [0, 0.05) is 5.56 Å². The van der Waals surface area contributed by atoms with E-state index in [1.54, 1.807) is 6.92 Å². The smallest absolute Gasteiger partial charge is 0.133 e. The van der Waals surface area contributed by atoms with Crippen molar-refractivity contribution in [3.63, 3.8) is 0 Å². The van der Waals surface area contributed by atoms with Crippen LogP contribution in [0.2, 0.25) is 0 Å². The molecule has 1 saturated carbocycles. The molecule has 0 aliphatic heterocycles. The van der Waals surface area contributed by atoms with Gasteiger partial charge in [-0.15, -0.1) is 0 Å². The van der Waals surface area contributed by atoms with Crippen LogP contribution in [0.5, 0.6) is 0 Å². The summed E-state index contributed by atoms with van der Waals surface area (Å²) < 4.78 is 27.4. The van der Waals surface area contributed by atoms with Crippen molar-refractivity contribution in [2.24, 2.45) is 11.7 Å². The Bertz CT molecular complexity index is 418. The molecule has 1 aromatic carbocycles. The van der Waals surface area contributed by atoms with Gasteiger partial charge in [0.1, 0.15) is 11.6 Å². The summed E-state index contributed by atoms with van der Waals surface area (Å²) in [6, 6.07) is 1.58. The molecule has 1 aromatic rings. The molecule has 0 unspecified atom stereocenters. The highest BCUT2D eigenvalue weighted by Crippen LogP contribution is 2.35. The van der Waals surface area contributed by atoms with Crippen LogP contribution >= 0.6 is 0 Å². The Morgan fingerprint density at radius 3 is 2.53 bits per heavy atom. The fourth-order valence-electron chi connectivity index (χ4n) is 2.23. The van der Waals surface area contributed by atoms with Gasteiger partial charge < -0.3 is 10.8 Å². The first-order valence-electron chi connectivity index (χ1n) is 5.90. The number of hydrogen-bond acceptors (Lipinski definition) is 2.